The fraction of sp³-hybridized carbons (Fsp3) is 0.353. The molecule has 2 N–H and O–H groups in total. The van der Waals surface area contributed by atoms with Crippen LogP contribution in [0.2, 0.25) is 0 Å². The molecule has 1 aromatic heterocycles. The highest BCUT2D eigenvalue weighted by Gasteiger charge is 2.26. The minimum atomic E-state index is -0.301. The molecule has 0 saturated carbocycles. The molecule has 0 radical (unpaired) electrons. The summed E-state index contributed by atoms with van der Waals surface area (Å²) in [5.41, 5.74) is 0.568. The molecule has 1 aromatic carbocycles. The number of amides is 2. The number of aromatic nitrogens is 1. The van der Waals surface area contributed by atoms with Crippen LogP contribution in [0.5, 0.6) is 5.75 Å². The number of piperidine rings is 1. The number of aromatic hydroxyl groups is 1. The Labute approximate surface area is 139 Å². The van der Waals surface area contributed by atoms with E-state index in [4.69, 9.17) is 4.52 Å². The normalized spacial score (nSPS) is 15.3. The monoisotopic (exact) mass is 329 g/mol. The van der Waals surface area contributed by atoms with E-state index in [0.717, 1.165) is 0 Å². The van der Waals surface area contributed by atoms with Crippen LogP contribution in [0.4, 0.5) is 0 Å². The van der Waals surface area contributed by atoms with E-state index in [1.165, 1.54) is 6.07 Å². The molecule has 2 amide bonds. The van der Waals surface area contributed by atoms with E-state index in [0.29, 0.717) is 37.4 Å². The maximum Gasteiger partial charge on any atom is 0.276 e. The van der Waals surface area contributed by atoms with Crippen LogP contribution >= 0.6 is 0 Å². The van der Waals surface area contributed by atoms with E-state index in [-0.39, 0.29) is 29.2 Å². The molecule has 2 heterocycles. The van der Waals surface area contributed by atoms with Gasteiger partial charge in [-0.2, -0.15) is 0 Å². The Morgan fingerprint density at radius 2 is 2.00 bits per heavy atom. The molecule has 1 aliphatic rings. The lowest BCUT2D eigenvalue weighted by Crippen LogP contribution is -2.46. The van der Waals surface area contributed by atoms with E-state index in [9.17, 15) is 14.7 Å². The van der Waals surface area contributed by atoms with E-state index in [2.05, 4.69) is 10.5 Å². The average Bonchev–Trinajstić information content (AvgIpc) is 3.02. The number of likely N-dealkylation sites (tertiary alicyclic amines) is 1. The molecule has 0 spiro atoms. The summed E-state index contributed by atoms with van der Waals surface area (Å²) in [6.45, 7) is 2.82. The molecule has 2 aromatic rings. The molecule has 126 valence electrons. The minimum absolute atomic E-state index is 0.0276. The van der Waals surface area contributed by atoms with Crippen LogP contribution in [-0.4, -0.2) is 46.1 Å². The number of aryl methyl sites for hydroxylation is 1. The highest BCUT2D eigenvalue weighted by molar-refractivity contribution is 5.97. The van der Waals surface area contributed by atoms with Gasteiger partial charge in [-0.25, -0.2) is 0 Å². The standard InChI is InChI=1S/C17H19N3O4/c1-11-10-14(19-24-11)17(23)20-8-6-12(7-9-20)18-16(22)13-4-2-3-5-15(13)21/h2-5,10,12,21H,6-9H2,1H3,(H,18,22). The molecule has 3 rings (SSSR count). The van der Waals surface area contributed by atoms with E-state index in [1.807, 2.05) is 0 Å². The predicted octanol–water partition coefficient (Wildman–Crippen LogP) is 1.72. The number of carbonyl (C=O) groups excluding carboxylic acids is 2. The van der Waals surface area contributed by atoms with Crippen LogP contribution in [0.3, 0.4) is 0 Å². The zero-order valence-corrected chi connectivity index (χ0v) is 13.4. The summed E-state index contributed by atoms with van der Waals surface area (Å²) in [6.07, 6.45) is 1.31. The summed E-state index contributed by atoms with van der Waals surface area (Å²) < 4.78 is 4.93. The number of rotatable bonds is 3. The van der Waals surface area contributed by atoms with Crippen molar-refractivity contribution in [2.45, 2.75) is 25.8 Å². The van der Waals surface area contributed by atoms with Gasteiger partial charge in [0.15, 0.2) is 5.69 Å². The summed E-state index contributed by atoms with van der Waals surface area (Å²) in [6, 6.07) is 8.03. The first kappa shape index (κ1) is 16.0. The summed E-state index contributed by atoms with van der Waals surface area (Å²) in [5.74, 6) is 0.106. The van der Waals surface area contributed by atoms with Crippen molar-refractivity contribution in [1.29, 1.82) is 0 Å². The molecule has 0 aliphatic carbocycles. The van der Waals surface area contributed by atoms with Gasteiger partial charge in [0.25, 0.3) is 11.8 Å². The Morgan fingerprint density at radius 3 is 2.62 bits per heavy atom. The van der Waals surface area contributed by atoms with Gasteiger partial charge in [0.05, 0.1) is 5.56 Å². The second-order valence-corrected chi connectivity index (χ2v) is 5.88. The molecule has 7 heteroatoms. The smallest absolute Gasteiger partial charge is 0.276 e. The Balaban J connectivity index is 1.55. The van der Waals surface area contributed by atoms with Crippen molar-refractivity contribution in [3.05, 3.63) is 47.3 Å². The Bertz CT molecular complexity index is 748. The lowest BCUT2D eigenvalue weighted by molar-refractivity contribution is 0.0688. The minimum Gasteiger partial charge on any atom is -0.507 e. The van der Waals surface area contributed by atoms with Crippen molar-refractivity contribution < 1.29 is 19.2 Å². The Kier molecular flexibility index (Phi) is 4.50. The SMILES string of the molecule is Cc1cc(C(=O)N2CCC(NC(=O)c3ccccc3O)CC2)no1. The fourth-order valence-corrected chi connectivity index (χ4v) is 2.78. The fourth-order valence-electron chi connectivity index (χ4n) is 2.78. The molecular weight excluding hydrogens is 310 g/mol. The molecule has 1 aliphatic heterocycles. The van der Waals surface area contributed by atoms with Gasteiger partial charge in [0.2, 0.25) is 0 Å². The molecule has 24 heavy (non-hydrogen) atoms. The molecule has 0 unspecified atom stereocenters. The van der Waals surface area contributed by atoms with Crippen LogP contribution in [0.1, 0.15) is 39.4 Å². The van der Waals surface area contributed by atoms with Gasteiger partial charge in [0.1, 0.15) is 11.5 Å². The zero-order valence-electron chi connectivity index (χ0n) is 13.4. The first-order valence-corrected chi connectivity index (χ1v) is 7.86. The number of hydrogen-bond acceptors (Lipinski definition) is 5. The first-order valence-electron chi connectivity index (χ1n) is 7.86. The largest absolute Gasteiger partial charge is 0.507 e. The number of nitrogens with one attached hydrogen (secondary N) is 1. The van der Waals surface area contributed by atoms with Gasteiger partial charge in [-0.05, 0) is 31.9 Å². The molecule has 7 nitrogen and oxygen atoms in total. The van der Waals surface area contributed by atoms with Crippen LogP contribution in [0, 0.1) is 6.92 Å². The second-order valence-electron chi connectivity index (χ2n) is 5.88. The van der Waals surface area contributed by atoms with E-state index >= 15 is 0 Å². The molecular formula is C17H19N3O4. The van der Waals surface area contributed by atoms with Gasteiger partial charge < -0.3 is 19.8 Å². The molecule has 0 bridgehead atoms. The van der Waals surface area contributed by atoms with Gasteiger partial charge in [-0.1, -0.05) is 17.3 Å². The number of phenols is 1. The van der Waals surface area contributed by atoms with Crippen molar-refractivity contribution in [2.24, 2.45) is 0 Å². The highest BCUT2D eigenvalue weighted by Crippen LogP contribution is 2.18. The third-order valence-corrected chi connectivity index (χ3v) is 4.11. The third-order valence-electron chi connectivity index (χ3n) is 4.11. The van der Waals surface area contributed by atoms with Gasteiger partial charge >= 0.3 is 0 Å². The molecule has 1 saturated heterocycles. The lowest BCUT2D eigenvalue weighted by atomic mass is 10.0. The van der Waals surface area contributed by atoms with Crippen molar-refractivity contribution in [1.82, 2.24) is 15.4 Å². The third kappa shape index (κ3) is 3.40. The van der Waals surface area contributed by atoms with Gasteiger partial charge in [-0.3, -0.25) is 9.59 Å². The van der Waals surface area contributed by atoms with Crippen LogP contribution < -0.4 is 5.32 Å². The lowest BCUT2D eigenvalue weighted by Gasteiger charge is -2.31. The van der Waals surface area contributed by atoms with Crippen LogP contribution in [0.15, 0.2) is 34.9 Å². The summed E-state index contributed by atoms with van der Waals surface area (Å²) in [7, 11) is 0. The van der Waals surface area contributed by atoms with Crippen LogP contribution in [-0.2, 0) is 0 Å². The van der Waals surface area contributed by atoms with Crippen molar-refractivity contribution in [2.75, 3.05) is 13.1 Å². The summed E-state index contributed by atoms with van der Waals surface area (Å²) >= 11 is 0. The quantitative estimate of drug-likeness (QED) is 0.894. The number of para-hydroxylation sites is 1. The summed E-state index contributed by atoms with van der Waals surface area (Å²) in [5, 5.41) is 16.4. The highest BCUT2D eigenvalue weighted by atomic mass is 16.5. The maximum absolute atomic E-state index is 12.3. The van der Waals surface area contributed by atoms with Crippen molar-refractivity contribution >= 4 is 11.8 Å². The van der Waals surface area contributed by atoms with E-state index in [1.54, 1.807) is 36.1 Å². The topological polar surface area (TPSA) is 95.7 Å². The van der Waals surface area contributed by atoms with Crippen LogP contribution in [0.25, 0.3) is 0 Å². The summed E-state index contributed by atoms with van der Waals surface area (Å²) in [4.78, 5) is 26.2. The average molecular weight is 329 g/mol. The molecule has 1 fully saturated rings. The van der Waals surface area contributed by atoms with Gasteiger partial charge in [0, 0.05) is 25.2 Å². The van der Waals surface area contributed by atoms with Crippen molar-refractivity contribution in [3.63, 3.8) is 0 Å². The Hall–Kier alpha value is -2.83. The van der Waals surface area contributed by atoms with Gasteiger partial charge in [-0.15, -0.1) is 0 Å². The second kappa shape index (κ2) is 6.74. The first-order chi connectivity index (χ1) is 11.5. The number of nitrogens with zero attached hydrogens (tertiary/aromatic N) is 2. The number of phenolic OH excluding ortho intramolecular Hbond substituents is 1. The number of benzene rings is 1. The Morgan fingerprint density at radius 1 is 1.29 bits per heavy atom. The van der Waals surface area contributed by atoms with E-state index < -0.39 is 0 Å². The maximum atomic E-state index is 12.3. The zero-order chi connectivity index (χ0) is 17.1. The molecule has 0 atom stereocenters. The predicted molar refractivity (Wildman–Crippen MR) is 85.7 cm³/mol. The number of carbonyl (C=O) groups is 2. The number of hydrogen-bond donors (Lipinski definition) is 2. The van der Waals surface area contributed by atoms with Crippen molar-refractivity contribution in [3.8, 4) is 5.75 Å².